The highest BCUT2D eigenvalue weighted by Gasteiger charge is 2.21. The maximum atomic E-state index is 12.1. The maximum Gasteiger partial charge on any atom is 0.407 e. The highest BCUT2D eigenvalue weighted by atomic mass is 16.5. The van der Waals surface area contributed by atoms with Crippen molar-refractivity contribution in [2.75, 3.05) is 33.4 Å². The fraction of sp³-hybridized carbons (Fsp3) is 0.733. The molecule has 10 nitrogen and oxygen atoms in total. The molecule has 0 bridgehead atoms. The third-order valence-corrected chi connectivity index (χ3v) is 2.97. The maximum absolute atomic E-state index is 12.1. The first-order valence-corrected chi connectivity index (χ1v) is 8.12. The van der Waals surface area contributed by atoms with Crippen LogP contribution >= 0.6 is 0 Å². The molecule has 1 unspecified atom stereocenters. The van der Waals surface area contributed by atoms with Gasteiger partial charge in [-0.1, -0.05) is 0 Å². The topological polar surface area (TPSA) is 132 Å². The number of hydrogen-bond donors (Lipinski definition) is 3. The van der Waals surface area contributed by atoms with E-state index in [2.05, 4.69) is 20.7 Å². The zero-order chi connectivity index (χ0) is 19.1. The Kier molecular flexibility index (Phi) is 12.5. The zero-order valence-corrected chi connectivity index (χ0v) is 14.9. The molecule has 3 amide bonds. The van der Waals surface area contributed by atoms with Gasteiger partial charge in [0.25, 0.3) is 0 Å². The van der Waals surface area contributed by atoms with Crippen LogP contribution in [0.5, 0.6) is 0 Å². The highest BCUT2D eigenvalue weighted by Crippen LogP contribution is 2.02. The van der Waals surface area contributed by atoms with E-state index in [0.29, 0.717) is 25.8 Å². The first-order chi connectivity index (χ1) is 11.9. The van der Waals surface area contributed by atoms with Crippen LogP contribution in [0.3, 0.4) is 0 Å². The Labute approximate surface area is 146 Å². The van der Waals surface area contributed by atoms with Crippen LogP contribution in [-0.2, 0) is 23.8 Å². The molecule has 0 aliphatic carbocycles. The Morgan fingerprint density at radius 1 is 0.920 bits per heavy atom. The minimum atomic E-state index is -0.857. The summed E-state index contributed by atoms with van der Waals surface area (Å²) < 4.78 is 13.9. The molecule has 0 aromatic rings. The summed E-state index contributed by atoms with van der Waals surface area (Å²) in [7, 11) is 1.19. The predicted octanol–water partition coefficient (Wildman–Crippen LogP) is 0.307. The predicted molar refractivity (Wildman–Crippen MR) is 87.8 cm³/mol. The van der Waals surface area contributed by atoms with E-state index in [-0.39, 0.29) is 19.8 Å². The molecular weight excluding hydrogens is 334 g/mol. The molecule has 0 rings (SSSR count). The molecule has 0 saturated carbocycles. The number of hydrogen-bond acceptors (Lipinski definition) is 7. The molecule has 0 spiro atoms. The van der Waals surface area contributed by atoms with E-state index in [4.69, 9.17) is 9.47 Å². The highest BCUT2D eigenvalue weighted by molar-refractivity contribution is 5.88. The van der Waals surface area contributed by atoms with Gasteiger partial charge in [-0.25, -0.2) is 9.59 Å². The standard InChI is InChI=1S/C15H27N3O7/c1-4-24-12(19)10-17-13(20)11(18-15(22)23-3)8-6-7-9-16-14(21)25-5-2/h11H,4-10H2,1-3H3,(H,16,21)(H,17,20)(H,18,22). The molecular formula is C15H27N3O7. The van der Waals surface area contributed by atoms with Crippen molar-refractivity contribution in [1.82, 2.24) is 16.0 Å². The number of esters is 1. The number of alkyl carbamates (subject to hydrolysis) is 2. The van der Waals surface area contributed by atoms with Gasteiger partial charge in [-0.05, 0) is 33.1 Å². The third-order valence-electron chi connectivity index (χ3n) is 2.97. The molecule has 0 fully saturated rings. The Morgan fingerprint density at radius 3 is 2.20 bits per heavy atom. The number of methoxy groups -OCH3 is 1. The first kappa shape index (κ1) is 22.5. The lowest BCUT2D eigenvalue weighted by Crippen LogP contribution is -2.48. The second-order valence-corrected chi connectivity index (χ2v) is 4.85. The Bertz CT molecular complexity index is 443. The van der Waals surface area contributed by atoms with E-state index in [1.165, 1.54) is 7.11 Å². The van der Waals surface area contributed by atoms with Gasteiger partial charge in [-0.2, -0.15) is 0 Å². The SMILES string of the molecule is CCOC(=O)CNC(=O)C(CCCCNC(=O)OCC)NC(=O)OC. The second-order valence-electron chi connectivity index (χ2n) is 4.85. The molecule has 0 radical (unpaired) electrons. The van der Waals surface area contributed by atoms with Crippen molar-refractivity contribution in [3.8, 4) is 0 Å². The van der Waals surface area contributed by atoms with Gasteiger partial charge in [0, 0.05) is 6.54 Å². The molecule has 144 valence electrons. The fourth-order valence-corrected chi connectivity index (χ4v) is 1.81. The van der Waals surface area contributed by atoms with Crippen LogP contribution in [0.2, 0.25) is 0 Å². The smallest absolute Gasteiger partial charge is 0.407 e. The van der Waals surface area contributed by atoms with Gasteiger partial charge in [0.05, 0.1) is 20.3 Å². The quantitative estimate of drug-likeness (QED) is 0.274. The van der Waals surface area contributed by atoms with Crippen LogP contribution in [0.4, 0.5) is 9.59 Å². The second kappa shape index (κ2) is 13.9. The van der Waals surface area contributed by atoms with Gasteiger partial charge in [0.15, 0.2) is 0 Å². The van der Waals surface area contributed by atoms with Gasteiger partial charge in [0.2, 0.25) is 5.91 Å². The monoisotopic (exact) mass is 361 g/mol. The fourth-order valence-electron chi connectivity index (χ4n) is 1.81. The summed E-state index contributed by atoms with van der Waals surface area (Å²) in [6.07, 6.45) is 0.200. The van der Waals surface area contributed by atoms with Crippen LogP contribution in [0.25, 0.3) is 0 Å². The van der Waals surface area contributed by atoms with Crippen molar-refractivity contribution in [3.05, 3.63) is 0 Å². The molecule has 0 aromatic heterocycles. The van der Waals surface area contributed by atoms with Gasteiger partial charge in [-0.3, -0.25) is 9.59 Å². The summed E-state index contributed by atoms with van der Waals surface area (Å²) in [4.78, 5) is 45.8. The van der Waals surface area contributed by atoms with E-state index in [0.717, 1.165) is 0 Å². The summed E-state index contributed by atoms with van der Waals surface area (Å²) in [6, 6.07) is -0.857. The van der Waals surface area contributed by atoms with Crippen molar-refractivity contribution < 1.29 is 33.4 Å². The average molecular weight is 361 g/mol. The van der Waals surface area contributed by atoms with Crippen LogP contribution in [0.1, 0.15) is 33.1 Å². The van der Waals surface area contributed by atoms with E-state index < -0.39 is 30.1 Å². The number of carbonyl (C=O) groups excluding carboxylic acids is 4. The Hall–Kier alpha value is -2.52. The van der Waals surface area contributed by atoms with Crippen LogP contribution in [0, 0.1) is 0 Å². The molecule has 0 aliphatic heterocycles. The number of nitrogens with one attached hydrogen (secondary N) is 3. The van der Waals surface area contributed by atoms with Gasteiger partial charge in [-0.15, -0.1) is 0 Å². The molecule has 3 N–H and O–H groups in total. The van der Waals surface area contributed by atoms with Gasteiger partial charge in [0.1, 0.15) is 12.6 Å². The summed E-state index contributed by atoms with van der Waals surface area (Å²) in [5, 5.41) is 7.36. The average Bonchev–Trinajstić information content (AvgIpc) is 2.58. The minimum Gasteiger partial charge on any atom is -0.465 e. The molecule has 25 heavy (non-hydrogen) atoms. The number of ether oxygens (including phenoxy) is 3. The van der Waals surface area contributed by atoms with Crippen LogP contribution < -0.4 is 16.0 Å². The van der Waals surface area contributed by atoms with Gasteiger partial charge < -0.3 is 30.2 Å². The van der Waals surface area contributed by atoms with Gasteiger partial charge >= 0.3 is 18.2 Å². The zero-order valence-electron chi connectivity index (χ0n) is 14.9. The normalized spacial score (nSPS) is 11.0. The first-order valence-electron chi connectivity index (χ1n) is 8.12. The van der Waals surface area contributed by atoms with Crippen molar-refractivity contribution in [1.29, 1.82) is 0 Å². The van der Waals surface area contributed by atoms with Crippen molar-refractivity contribution in [2.45, 2.75) is 39.2 Å². The molecule has 0 heterocycles. The lowest BCUT2D eigenvalue weighted by atomic mass is 10.1. The van der Waals surface area contributed by atoms with E-state index >= 15 is 0 Å². The van der Waals surface area contributed by atoms with Crippen molar-refractivity contribution in [2.24, 2.45) is 0 Å². The number of unbranched alkanes of at least 4 members (excludes halogenated alkanes) is 1. The van der Waals surface area contributed by atoms with E-state index in [1.54, 1.807) is 13.8 Å². The van der Waals surface area contributed by atoms with E-state index in [9.17, 15) is 19.2 Å². The summed E-state index contributed by atoms with van der Waals surface area (Å²) in [6.45, 7) is 3.97. The number of amides is 3. The van der Waals surface area contributed by atoms with Crippen LogP contribution in [-0.4, -0.2) is 63.5 Å². The van der Waals surface area contributed by atoms with Crippen molar-refractivity contribution >= 4 is 24.1 Å². The molecule has 0 saturated heterocycles. The Balaban J connectivity index is 4.28. The third kappa shape index (κ3) is 11.6. The largest absolute Gasteiger partial charge is 0.465 e. The van der Waals surface area contributed by atoms with Crippen LogP contribution in [0.15, 0.2) is 0 Å². The Morgan fingerprint density at radius 2 is 1.60 bits per heavy atom. The van der Waals surface area contributed by atoms with Crippen molar-refractivity contribution in [3.63, 3.8) is 0 Å². The van der Waals surface area contributed by atoms with E-state index in [1.807, 2.05) is 0 Å². The summed E-state index contributed by atoms with van der Waals surface area (Å²) in [5.41, 5.74) is 0. The lowest BCUT2D eigenvalue weighted by molar-refractivity contribution is -0.143. The summed E-state index contributed by atoms with van der Waals surface area (Å²) >= 11 is 0. The number of carbonyl (C=O) groups is 4. The summed E-state index contributed by atoms with van der Waals surface area (Å²) in [5.74, 6) is -1.08. The molecule has 0 aliphatic rings. The molecule has 1 atom stereocenters. The molecule has 10 heteroatoms. The lowest BCUT2D eigenvalue weighted by Gasteiger charge is -2.17. The molecule has 0 aromatic carbocycles. The minimum absolute atomic E-state index is 0.214. The number of rotatable bonds is 11.